The van der Waals surface area contributed by atoms with Crippen LogP contribution in [0.15, 0.2) is 24.3 Å². The van der Waals surface area contributed by atoms with Crippen LogP contribution in [0.1, 0.15) is 60.8 Å². The second-order valence-electron chi connectivity index (χ2n) is 9.59. The van der Waals surface area contributed by atoms with Crippen LogP contribution in [0.25, 0.3) is 0 Å². The van der Waals surface area contributed by atoms with Crippen LogP contribution in [0, 0.1) is 5.92 Å². The van der Waals surface area contributed by atoms with Gasteiger partial charge < -0.3 is 15.4 Å². The number of hydrogen-bond acceptors (Lipinski definition) is 9. The summed E-state index contributed by atoms with van der Waals surface area (Å²) in [4.78, 5) is 25.2. The van der Waals surface area contributed by atoms with Gasteiger partial charge in [0.05, 0.1) is 5.75 Å². The lowest BCUT2D eigenvalue weighted by molar-refractivity contribution is -0.156. The Hall–Kier alpha value is -2.66. The zero-order chi connectivity index (χ0) is 26.2. The number of nitrogens with one attached hydrogen (secondary N) is 3. The van der Waals surface area contributed by atoms with Crippen LogP contribution in [0.4, 0.5) is 23.3 Å². The molecule has 1 heterocycles. The van der Waals surface area contributed by atoms with Gasteiger partial charge in [0.25, 0.3) is 0 Å². The molecule has 10 nitrogen and oxygen atoms in total. The van der Waals surface area contributed by atoms with Crippen molar-refractivity contribution in [1.29, 1.82) is 0 Å². The third-order valence-corrected chi connectivity index (χ3v) is 6.03. The quantitative estimate of drug-likeness (QED) is 0.327. The Morgan fingerprint density at radius 1 is 1.06 bits per heavy atom. The maximum atomic E-state index is 12.7. The zero-order valence-corrected chi connectivity index (χ0v) is 22.6. The van der Waals surface area contributed by atoms with Crippen LogP contribution in [0.2, 0.25) is 5.28 Å². The van der Waals surface area contributed by atoms with E-state index in [1.165, 1.54) is 0 Å². The molecule has 35 heavy (non-hydrogen) atoms. The fourth-order valence-corrected chi connectivity index (χ4v) is 4.43. The monoisotopic (exact) mass is 526 g/mol. The minimum absolute atomic E-state index is 0.0576. The molecule has 0 aliphatic rings. The molecule has 0 radical (unpaired) electrons. The molecule has 2 rings (SSSR count). The molecule has 0 fully saturated rings. The van der Waals surface area contributed by atoms with E-state index in [1.807, 2.05) is 20.8 Å². The number of esters is 1. The van der Waals surface area contributed by atoms with Gasteiger partial charge in [0.1, 0.15) is 11.6 Å². The van der Waals surface area contributed by atoms with Crippen LogP contribution < -0.4 is 15.4 Å². The van der Waals surface area contributed by atoms with Gasteiger partial charge in [-0.1, -0.05) is 27.2 Å². The smallest absolute Gasteiger partial charge is 0.329 e. The Kier molecular flexibility index (Phi) is 10.1. The molecule has 0 aliphatic heterocycles. The predicted octanol–water partition coefficient (Wildman–Crippen LogP) is 4.98. The highest BCUT2D eigenvalue weighted by molar-refractivity contribution is 7.92. The van der Waals surface area contributed by atoms with Crippen molar-refractivity contribution < 1.29 is 17.9 Å². The van der Waals surface area contributed by atoms with Gasteiger partial charge in [0, 0.05) is 11.4 Å². The minimum atomic E-state index is -3.39. The normalized spacial score (nSPS) is 12.8. The molecule has 0 amide bonds. The average Bonchev–Trinajstić information content (AvgIpc) is 2.71. The molecule has 1 aromatic heterocycles. The molecule has 0 bridgehead atoms. The summed E-state index contributed by atoms with van der Waals surface area (Å²) in [6.07, 6.45) is 1.90. The zero-order valence-electron chi connectivity index (χ0n) is 21.1. The van der Waals surface area contributed by atoms with Crippen LogP contribution in [0.5, 0.6) is 0 Å². The molecule has 0 saturated heterocycles. The topological polar surface area (TPSA) is 135 Å². The SMILES string of the molecule is CCCCS(=O)(=O)Nc1ccc(Nc2nc(Cl)nc(N[C@@H](CC(C)C)C(=O)OC(C)(C)C)n2)cc1. The van der Waals surface area contributed by atoms with Crippen LogP contribution in [0.3, 0.4) is 0 Å². The fraction of sp³-hybridized carbons (Fsp3) is 0.565. The van der Waals surface area contributed by atoms with Gasteiger partial charge in [0.15, 0.2) is 0 Å². The first-order valence-corrected chi connectivity index (χ1v) is 13.6. The number of aromatic nitrogens is 3. The largest absolute Gasteiger partial charge is 0.458 e. The van der Waals surface area contributed by atoms with E-state index in [4.69, 9.17) is 16.3 Å². The predicted molar refractivity (Wildman–Crippen MR) is 140 cm³/mol. The van der Waals surface area contributed by atoms with Gasteiger partial charge in [-0.05, 0) is 75.4 Å². The molecule has 0 unspecified atom stereocenters. The van der Waals surface area contributed by atoms with Crippen molar-refractivity contribution in [1.82, 2.24) is 15.0 Å². The van der Waals surface area contributed by atoms with Gasteiger partial charge >= 0.3 is 5.97 Å². The minimum Gasteiger partial charge on any atom is -0.458 e. The Labute approximate surface area is 212 Å². The number of halogens is 1. The molecular formula is C23H35ClN6O4S. The highest BCUT2D eigenvalue weighted by Crippen LogP contribution is 2.21. The summed E-state index contributed by atoms with van der Waals surface area (Å²) >= 11 is 6.10. The van der Waals surface area contributed by atoms with Crippen molar-refractivity contribution in [3.8, 4) is 0 Å². The second kappa shape index (κ2) is 12.3. The van der Waals surface area contributed by atoms with Gasteiger partial charge in [0.2, 0.25) is 27.2 Å². The Bertz CT molecular complexity index is 1090. The van der Waals surface area contributed by atoms with Crippen LogP contribution in [-0.2, 0) is 19.6 Å². The second-order valence-corrected chi connectivity index (χ2v) is 11.8. The third-order valence-electron chi connectivity index (χ3n) is 4.49. The van der Waals surface area contributed by atoms with E-state index in [0.29, 0.717) is 24.2 Å². The Balaban J connectivity index is 2.14. The lowest BCUT2D eigenvalue weighted by Crippen LogP contribution is -2.38. The van der Waals surface area contributed by atoms with E-state index in [2.05, 4.69) is 30.3 Å². The van der Waals surface area contributed by atoms with Gasteiger partial charge in [-0.3, -0.25) is 4.72 Å². The average molecular weight is 527 g/mol. The van der Waals surface area contributed by atoms with Crippen molar-refractivity contribution in [2.75, 3.05) is 21.1 Å². The maximum absolute atomic E-state index is 12.7. The van der Waals surface area contributed by atoms with Gasteiger partial charge in [-0.2, -0.15) is 15.0 Å². The molecule has 1 atom stereocenters. The van der Waals surface area contributed by atoms with E-state index < -0.39 is 27.6 Å². The van der Waals surface area contributed by atoms with Gasteiger partial charge in [-0.15, -0.1) is 0 Å². The van der Waals surface area contributed by atoms with Gasteiger partial charge in [-0.25, -0.2) is 13.2 Å². The number of unbranched alkanes of at least 4 members (excludes halogenated alkanes) is 1. The number of ether oxygens (including phenoxy) is 1. The van der Waals surface area contributed by atoms with Crippen molar-refractivity contribution >= 4 is 50.9 Å². The Morgan fingerprint density at radius 3 is 2.23 bits per heavy atom. The fourth-order valence-electron chi connectivity index (χ4n) is 3.00. The molecule has 12 heteroatoms. The summed E-state index contributed by atoms with van der Waals surface area (Å²) in [5, 5.41) is 5.97. The first-order chi connectivity index (χ1) is 16.3. The Morgan fingerprint density at radius 2 is 1.66 bits per heavy atom. The summed E-state index contributed by atoms with van der Waals surface area (Å²) in [6.45, 7) is 11.4. The lowest BCUT2D eigenvalue weighted by Gasteiger charge is -2.25. The van der Waals surface area contributed by atoms with Crippen molar-refractivity contribution in [2.45, 2.75) is 72.4 Å². The molecule has 0 aliphatic carbocycles. The molecule has 1 aromatic carbocycles. The number of benzene rings is 1. The summed E-state index contributed by atoms with van der Waals surface area (Å²) in [6, 6.07) is 5.97. The highest BCUT2D eigenvalue weighted by atomic mass is 35.5. The van der Waals surface area contributed by atoms with Crippen molar-refractivity contribution in [3.05, 3.63) is 29.5 Å². The molecule has 3 N–H and O–H groups in total. The van der Waals surface area contributed by atoms with E-state index in [-0.39, 0.29) is 28.9 Å². The number of hydrogen-bond donors (Lipinski definition) is 3. The summed E-state index contributed by atoms with van der Waals surface area (Å²) in [5.74, 6) is 0.173. The van der Waals surface area contributed by atoms with E-state index in [9.17, 15) is 13.2 Å². The standard InChI is InChI=1S/C23H35ClN6O4S/c1-7-8-13-35(32,33)30-17-11-9-16(10-12-17)25-21-27-20(24)28-22(29-21)26-18(14-15(2)3)19(31)34-23(4,5)6/h9-12,15,18,30H,7-8,13-14H2,1-6H3,(H2,25,26,27,28,29)/t18-/m0/s1. The number of nitrogens with zero attached hydrogens (tertiary/aromatic N) is 3. The van der Waals surface area contributed by atoms with Crippen molar-refractivity contribution in [3.63, 3.8) is 0 Å². The van der Waals surface area contributed by atoms with Crippen LogP contribution >= 0.6 is 11.6 Å². The molecule has 0 spiro atoms. The van der Waals surface area contributed by atoms with E-state index >= 15 is 0 Å². The summed E-state index contributed by atoms with van der Waals surface area (Å²) < 4.78 is 32.2. The lowest BCUT2D eigenvalue weighted by atomic mass is 10.0. The number of carbonyl (C=O) groups is 1. The first-order valence-electron chi connectivity index (χ1n) is 11.5. The number of sulfonamides is 1. The number of carbonyl (C=O) groups excluding carboxylic acids is 1. The number of anilines is 4. The molecule has 2 aromatic rings. The molecule has 0 saturated carbocycles. The maximum Gasteiger partial charge on any atom is 0.329 e. The molecule has 194 valence electrons. The van der Waals surface area contributed by atoms with Crippen molar-refractivity contribution in [2.24, 2.45) is 5.92 Å². The molecular weight excluding hydrogens is 492 g/mol. The third kappa shape index (κ3) is 10.6. The summed E-state index contributed by atoms with van der Waals surface area (Å²) in [7, 11) is -3.39. The number of rotatable bonds is 12. The van der Waals surface area contributed by atoms with E-state index in [1.54, 1.807) is 45.0 Å². The summed E-state index contributed by atoms with van der Waals surface area (Å²) in [5.41, 5.74) is 0.436. The highest BCUT2D eigenvalue weighted by Gasteiger charge is 2.27. The van der Waals surface area contributed by atoms with Crippen LogP contribution in [-0.4, -0.2) is 46.7 Å². The first kappa shape index (κ1) is 28.6. The van der Waals surface area contributed by atoms with E-state index in [0.717, 1.165) is 6.42 Å².